The van der Waals surface area contributed by atoms with Gasteiger partial charge < -0.3 is 4.57 Å². The molecule has 0 saturated carbocycles. The number of nitrogens with one attached hydrogen (secondary N) is 1. The Morgan fingerprint density at radius 2 is 2.29 bits per heavy atom. The van der Waals surface area contributed by atoms with E-state index >= 15 is 0 Å². The number of carbonyl (C=O) groups is 1. The molecule has 0 bridgehead atoms. The van der Waals surface area contributed by atoms with Gasteiger partial charge >= 0.3 is 0 Å². The van der Waals surface area contributed by atoms with Gasteiger partial charge in [-0.05, 0) is 13.0 Å². The van der Waals surface area contributed by atoms with Crippen LogP contribution in [0, 0.1) is 6.92 Å². The molecule has 0 unspecified atom stereocenters. The molecule has 0 saturated heterocycles. The zero-order valence-corrected chi connectivity index (χ0v) is 10.2. The Labute approximate surface area is 102 Å². The van der Waals surface area contributed by atoms with E-state index in [1.54, 1.807) is 19.3 Å². The molecule has 1 N–H and O–H groups in total. The second-order valence-electron chi connectivity index (χ2n) is 3.61. The van der Waals surface area contributed by atoms with Crippen molar-refractivity contribution in [3.63, 3.8) is 0 Å². The van der Waals surface area contributed by atoms with Crippen molar-refractivity contribution in [2.45, 2.75) is 6.92 Å². The first kappa shape index (κ1) is 11.5. The molecule has 0 aliphatic carbocycles. The predicted molar refractivity (Wildman–Crippen MR) is 66.5 cm³/mol. The third kappa shape index (κ3) is 2.59. The van der Waals surface area contributed by atoms with E-state index in [0.29, 0.717) is 10.7 Å². The van der Waals surface area contributed by atoms with Gasteiger partial charge in [0.1, 0.15) is 0 Å². The number of aryl methyl sites for hydroxylation is 2. The summed E-state index contributed by atoms with van der Waals surface area (Å²) < 4.78 is 1.41. The lowest BCUT2D eigenvalue weighted by Gasteiger charge is -2.02. The largest absolute Gasteiger partial charge is 0.319 e. The van der Waals surface area contributed by atoms with Crippen molar-refractivity contribution in [2.24, 2.45) is 7.05 Å². The van der Waals surface area contributed by atoms with Crippen LogP contribution in [-0.2, 0) is 7.05 Å². The van der Waals surface area contributed by atoms with Gasteiger partial charge in [-0.3, -0.25) is 14.9 Å². The molecule has 0 fully saturated rings. The number of amides is 1. The minimum Gasteiger partial charge on any atom is -0.319 e. The Bertz CT molecular complexity index is 615. The molecule has 6 heteroatoms. The first-order valence-electron chi connectivity index (χ1n) is 4.96. The number of hydrogen-bond acceptors (Lipinski definition) is 4. The molecule has 2 heterocycles. The molecule has 17 heavy (non-hydrogen) atoms. The third-order valence-corrected chi connectivity index (χ3v) is 3.08. The smallest absolute Gasteiger partial charge is 0.257 e. The Kier molecular flexibility index (Phi) is 3.06. The number of hydrogen-bond donors (Lipinski definition) is 1. The van der Waals surface area contributed by atoms with Crippen LogP contribution in [0.3, 0.4) is 0 Å². The third-order valence-electron chi connectivity index (χ3n) is 2.21. The first-order valence-corrected chi connectivity index (χ1v) is 5.84. The van der Waals surface area contributed by atoms with Gasteiger partial charge in [-0.15, -0.1) is 11.3 Å². The summed E-state index contributed by atoms with van der Waals surface area (Å²) in [6.07, 6.45) is 1.56. The molecule has 0 aliphatic heterocycles. The van der Waals surface area contributed by atoms with Crippen LogP contribution in [0.1, 0.15) is 16.1 Å². The Balaban J connectivity index is 2.20. The van der Waals surface area contributed by atoms with Crippen LogP contribution < -0.4 is 10.9 Å². The van der Waals surface area contributed by atoms with E-state index in [4.69, 9.17) is 0 Å². The highest BCUT2D eigenvalue weighted by Gasteiger charge is 2.08. The second-order valence-corrected chi connectivity index (χ2v) is 4.47. The highest BCUT2D eigenvalue weighted by Crippen LogP contribution is 2.15. The lowest BCUT2D eigenvalue weighted by Crippen LogP contribution is -2.19. The van der Waals surface area contributed by atoms with Crippen molar-refractivity contribution in [1.29, 1.82) is 0 Å². The highest BCUT2D eigenvalue weighted by molar-refractivity contribution is 7.13. The number of carbonyl (C=O) groups excluding carboxylic acids is 1. The van der Waals surface area contributed by atoms with Crippen LogP contribution in [0.2, 0.25) is 0 Å². The topological polar surface area (TPSA) is 64.0 Å². The fraction of sp³-hybridized carbons (Fsp3) is 0.182. The standard InChI is InChI=1S/C11H11N3O2S/c1-7-6-17-11(12-7)13-10(16)8-3-4-14(2)9(15)5-8/h3-6H,1-2H3,(H,12,13,16). The minimum absolute atomic E-state index is 0.215. The zero-order chi connectivity index (χ0) is 12.4. The molecule has 1 amide bonds. The van der Waals surface area contributed by atoms with Gasteiger partial charge in [0.2, 0.25) is 0 Å². The summed E-state index contributed by atoms with van der Waals surface area (Å²) in [6, 6.07) is 2.90. The van der Waals surface area contributed by atoms with Crippen LogP contribution in [-0.4, -0.2) is 15.5 Å². The van der Waals surface area contributed by atoms with E-state index in [-0.39, 0.29) is 11.5 Å². The number of nitrogens with zero attached hydrogens (tertiary/aromatic N) is 2. The van der Waals surface area contributed by atoms with Crippen molar-refractivity contribution in [3.8, 4) is 0 Å². The van der Waals surface area contributed by atoms with Gasteiger partial charge in [0.15, 0.2) is 5.13 Å². The Hall–Kier alpha value is -1.95. The van der Waals surface area contributed by atoms with Crippen molar-refractivity contribution in [1.82, 2.24) is 9.55 Å². The number of pyridine rings is 1. The van der Waals surface area contributed by atoms with Gasteiger partial charge in [-0.25, -0.2) is 4.98 Å². The zero-order valence-electron chi connectivity index (χ0n) is 9.43. The van der Waals surface area contributed by atoms with Crippen LogP contribution >= 0.6 is 11.3 Å². The average molecular weight is 249 g/mol. The fourth-order valence-corrected chi connectivity index (χ4v) is 1.95. The Morgan fingerprint density at radius 3 is 2.88 bits per heavy atom. The lowest BCUT2D eigenvalue weighted by molar-refractivity contribution is 0.102. The summed E-state index contributed by atoms with van der Waals surface area (Å²) in [7, 11) is 1.63. The summed E-state index contributed by atoms with van der Waals surface area (Å²) >= 11 is 1.35. The molecule has 2 aromatic rings. The maximum absolute atomic E-state index is 11.8. The van der Waals surface area contributed by atoms with E-state index in [1.165, 1.54) is 22.0 Å². The lowest BCUT2D eigenvalue weighted by atomic mass is 10.2. The molecule has 0 spiro atoms. The SMILES string of the molecule is Cc1csc(NC(=O)c2ccn(C)c(=O)c2)n1. The van der Waals surface area contributed by atoms with Crippen LogP contribution in [0.4, 0.5) is 5.13 Å². The molecule has 0 atom stereocenters. The summed E-state index contributed by atoms with van der Waals surface area (Å²) in [5.74, 6) is -0.322. The average Bonchev–Trinajstić information content (AvgIpc) is 2.68. The molecule has 5 nitrogen and oxygen atoms in total. The molecule has 88 valence electrons. The molecule has 0 aliphatic rings. The number of rotatable bonds is 2. The number of anilines is 1. The van der Waals surface area contributed by atoms with Gasteiger partial charge in [0.25, 0.3) is 11.5 Å². The van der Waals surface area contributed by atoms with Gasteiger partial charge in [0.05, 0.1) is 5.69 Å². The van der Waals surface area contributed by atoms with E-state index in [2.05, 4.69) is 10.3 Å². The van der Waals surface area contributed by atoms with Crippen LogP contribution in [0.15, 0.2) is 28.5 Å². The maximum atomic E-state index is 11.8. The van der Waals surface area contributed by atoms with Gasteiger partial charge in [0, 0.05) is 30.3 Å². The van der Waals surface area contributed by atoms with E-state index < -0.39 is 0 Å². The molecule has 0 radical (unpaired) electrons. The van der Waals surface area contributed by atoms with Gasteiger partial charge in [-0.1, -0.05) is 0 Å². The van der Waals surface area contributed by atoms with Crippen molar-refractivity contribution in [2.75, 3.05) is 5.32 Å². The van der Waals surface area contributed by atoms with E-state index in [9.17, 15) is 9.59 Å². The normalized spacial score (nSPS) is 10.2. The van der Waals surface area contributed by atoms with E-state index in [1.807, 2.05) is 12.3 Å². The molecule has 2 rings (SSSR count). The molecular formula is C11H11N3O2S. The Morgan fingerprint density at radius 1 is 1.53 bits per heavy atom. The summed E-state index contributed by atoms with van der Waals surface area (Å²) in [4.78, 5) is 27.3. The van der Waals surface area contributed by atoms with Crippen LogP contribution in [0.25, 0.3) is 0 Å². The monoisotopic (exact) mass is 249 g/mol. The summed E-state index contributed by atoms with van der Waals surface area (Å²) in [5, 5.41) is 5.03. The highest BCUT2D eigenvalue weighted by atomic mass is 32.1. The van der Waals surface area contributed by atoms with Crippen molar-refractivity contribution >= 4 is 22.4 Å². The maximum Gasteiger partial charge on any atom is 0.257 e. The molecular weight excluding hydrogens is 238 g/mol. The predicted octanol–water partition coefficient (Wildman–Crippen LogP) is 1.40. The fourth-order valence-electron chi connectivity index (χ4n) is 1.27. The molecule has 2 aromatic heterocycles. The molecule has 0 aromatic carbocycles. The second kappa shape index (κ2) is 4.50. The van der Waals surface area contributed by atoms with Gasteiger partial charge in [-0.2, -0.15) is 0 Å². The summed E-state index contributed by atoms with van der Waals surface area (Å²) in [5.41, 5.74) is 0.975. The summed E-state index contributed by atoms with van der Waals surface area (Å²) in [6.45, 7) is 1.85. The van der Waals surface area contributed by atoms with Crippen LogP contribution in [0.5, 0.6) is 0 Å². The van der Waals surface area contributed by atoms with E-state index in [0.717, 1.165) is 5.69 Å². The van der Waals surface area contributed by atoms with Crippen molar-refractivity contribution < 1.29 is 4.79 Å². The number of thiazole rings is 1. The van der Waals surface area contributed by atoms with Crippen molar-refractivity contribution in [3.05, 3.63) is 45.3 Å². The number of aromatic nitrogens is 2. The quantitative estimate of drug-likeness (QED) is 0.875. The first-order chi connectivity index (χ1) is 8.06. The minimum atomic E-state index is -0.322.